The van der Waals surface area contributed by atoms with Crippen molar-refractivity contribution in [3.05, 3.63) is 46.9 Å². The summed E-state index contributed by atoms with van der Waals surface area (Å²) in [6.45, 7) is 2.27. The average Bonchev–Trinajstić information content (AvgIpc) is 3.17. The molecular weight excluding hydrogens is 386 g/mol. The number of carbonyl (C=O) groups is 1. The molecule has 2 aromatic heterocycles. The molecule has 7 nitrogen and oxygen atoms in total. The van der Waals surface area contributed by atoms with Crippen LogP contribution in [0.4, 0.5) is 0 Å². The summed E-state index contributed by atoms with van der Waals surface area (Å²) >= 11 is 1.26. The zero-order valence-corrected chi connectivity index (χ0v) is 17.5. The van der Waals surface area contributed by atoms with E-state index >= 15 is 0 Å². The van der Waals surface area contributed by atoms with Crippen LogP contribution in [-0.4, -0.2) is 49.4 Å². The summed E-state index contributed by atoms with van der Waals surface area (Å²) < 4.78 is 1.64. The molecule has 1 saturated carbocycles. The Morgan fingerprint density at radius 3 is 2.69 bits per heavy atom. The number of nitrogens with one attached hydrogen (secondary N) is 1. The maximum absolute atomic E-state index is 12.7. The lowest BCUT2D eigenvalue weighted by atomic mass is 9.87. The number of hydrogen-bond donors (Lipinski definition) is 1. The van der Waals surface area contributed by atoms with Crippen molar-refractivity contribution in [2.75, 3.05) is 12.8 Å². The average molecular weight is 412 g/mol. The van der Waals surface area contributed by atoms with Crippen LogP contribution in [0, 0.1) is 5.92 Å². The standard InChI is InChI=1S/C21H25N5O2S/c1-14-8-10-15(11-9-14)25(2)18(27)13-29-21-23-19-17(20(28)24-21)12-22-26(19)16-6-4-3-5-7-16/h3-7,12,14-15H,8-11,13H2,1-2H3,(H,23,24,28). The van der Waals surface area contributed by atoms with E-state index in [9.17, 15) is 9.59 Å². The van der Waals surface area contributed by atoms with Crippen molar-refractivity contribution in [2.45, 2.75) is 43.8 Å². The van der Waals surface area contributed by atoms with Crippen molar-refractivity contribution in [1.29, 1.82) is 0 Å². The minimum absolute atomic E-state index is 0.0638. The second kappa shape index (κ2) is 8.41. The first-order valence-corrected chi connectivity index (χ1v) is 10.9. The summed E-state index contributed by atoms with van der Waals surface area (Å²) in [4.78, 5) is 34.3. The summed E-state index contributed by atoms with van der Waals surface area (Å²) in [6.07, 6.45) is 5.98. The first kappa shape index (κ1) is 19.7. The van der Waals surface area contributed by atoms with Crippen molar-refractivity contribution >= 4 is 28.7 Å². The van der Waals surface area contributed by atoms with Gasteiger partial charge in [0.25, 0.3) is 5.56 Å². The Morgan fingerprint density at radius 1 is 1.24 bits per heavy atom. The molecule has 2 heterocycles. The number of thioether (sulfide) groups is 1. The Morgan fingerprint density at radius 2 is 1.97 bits per heavy atom. The molecule has 0 unspecified atom stereocenters. The van der Waals surface area contributed by atoms with Gasteiger partial charge in [-0.05, 0) is 43.7 Å². The van der Waals surface area contributed by atoms with Gasteiger partial charge in [0.2, 0.25) is 5.91 Å². The molecule has 0 spiro atoms. The van der Waals surface area contributed by atoms with E-state index in [1.165, 1.54) is 30.8 Å². The molecule has 0 saturated heterocycles. The first-order valence-electron chi connectivity index (χ1n) is 9.95. The Hall–Kier alpha value is -2.61. The van der Waals surface area contributed by atoms with Crippen molar-refractivity contribution < 1.29 is 4.79 Å². The summed E-state index contributed by atoms with van der Waals surface area (Å²) in [7, 11) is 1.88. The zero-order chi connectivity index (χ0) is 20.4. The Balaban J connectivity index is 1.50. The van der Waals surface area contributed by atoms with Crippen LogP contribution in [0.5, 0.6) is 0 Å². The van der Waals surface area contributed by atoms with Crippen LogP contribution in [-0.2, 0) is 4.79 Å². The molecule has 0 aliphatic heterocycles. The molecule has 1 aromatic carbocycles. The highest BCUT2D eigenvalue weighted by atomic mass is 32.2. The van der Waals surface area contributed by atoms with Gasteiger partial charge in [0.1, 0.15) is 5.39 Å². The van der Waals surface area contributed by atoms with E-state index in [1.54, 1.807) is 4.68 Å². The Labute approximate surface area is 173 Å². The molecule has 1 N–H and O–H groups in total. The fourth-order valence-electron chi connectivity index (χ4n) is 3.79. The van der Waals surface area contributed by atoms with Crippen molar-refractivity contribution in [1.82, 2.24) is 24.6 Å². The van der Waals surface area contributed by atoms with Gasteiger partial charge in [0, 0.05) is 13.1 Å². The van der Waals surface area contributed by atoms with Crippen molar-refractivity contribution in [3.8, 4) is 5.69 Å². The van der Waals surface area contributed by atoms with Gasteiger partial charge in [-0.3, -0.25) is 9.59 Å². The number of amides is 1. The highest BCUT2D eigenvalue weighted by molar-refractivity contribution is 7.99. The van der Waals surface area contributed by atoms with Crippen LogP contribution in [0.25, 0.3) is 16.7 Å². The van der Waals surface area contributed by atoms with Gasteiger partial charge < -0.3 is 9.88 Å². The largest absolute Gasteiger partial charge is 0.342 e. The van der Waals surface area contributed by atoms with Crippen LogP contribution in [0.15, 0.2) is 46.5 Å². The molecule has 0 atom stereocenters. The van der Waals surface area contributed by atoms with Crippen molar-refractivity contribution in [3.63, 3.8) is 0 Å². The molecular formula is C21H25N5O2S. The molecule has 1 aliphatic carbocycles. The number of H-pyrrole nitrogens is 1. The smallest absolute Gasteiger partial charge is 0.262 e. The number of hydrogen-bond acceptors (Lipinski definition) is 5. The van der Waals surface area contributed by atoms with E-state index in [-0.39, 0.29) is 17.2 Å². The van der Waals surface area contributed by atoms with Crippen LogP contribution < -0.4 is 5.56 Å². The second-order valence-electron chi connectivity index (χ2n) is 7.71. The van der Waals surface area contributed by atoms with Crippen LogP contribution in [0.1, 0.15) is 32.6 Å². The molecule has 1 amide bonds. The minimum Gasteiger partial charge on any atom is -0.342 e. The molecule has 8 heteroatoms. The Bertz CT molecular complexity index is 1050. The highest BCUT2D eigenvalue weighted by Gasteiger charge is 2.25. The third-order valence-corrected chi connectivity index (χ3v) is 6.53. The lowest BCUT2D eigenvalue weighted by Crippen LogP contribution is -2.40. The van der Waals surface area contributed by atoms with E-state index in [4.69, 9.17) is 0 Å². The molecule has 29 heavy (non-hydrogen) atoms. The molecule has 0 bridgehead atoms. The monoisotopic (exact) mass is 411 g/mol. The SMILES string of the molecule is CC1CCC(N(C)C(=O)CSc2nc3c(cnn3-c3ccccc3)c(=O)[nH]2)CC1. The van der Waals surface area contributed by atoms with E-state index in [0.29, 0.717) is 22.2 Å². The van der Waals surface area contributed by atoms with Crippen LogP contribution >= 0.6 is 11.8 Å². The maximum Gasteiger partial charge on any atom is 0.262 e. The number of benzene rings is 1. The lowest BCUT2D eigenvalue weighted by molar-refractivity contribution is -0.129. The third kappa shape index (κ3) is 4.22. The van der Waals surface area contributed by atoms with Gasteiger partial charge in [-0.2, -0.15) is 5.10 Å². The summed E-state index contributed by atoms with van der Waals surface area (Å²) in [6, 6.07) is 9.87. The number of fused-ring (bicyclic) bond motifs is 1. The number of aromatic nitrogens is 4. The molecule has 4 rings (SSSR count). The number of carbonyl (C=O) groups excluding carboxylic acids is 1. The van der Waals surface area contributed by atoms with Crippen LogP contribution in [0.3, 0.4) is 0 Å². The number of nitrogens with zero attached hydrogens (tertiary/aromatic N) is 4. The quantitative estimate of drug-likeness (QED) is 0.515. The van der Waals surface area contributed by atoms with E-state index in [2.05, 4.69) is 22.0 Å². The number of aromatic amines is 1. The second-order valence-corrected chi connectivity index (χ2v) is 8.67. The first-order chi connectivity index (χ1) is 14.0. The predicted octanol–water partition coefficient (Wildman–Crippen LogP) is 3.24. The van der Waals surface area contributed by atoms with Gasteiger partial charge in [-0.15, -0.1) is 0 Å². The fraction of sp³-hybridized carbons (Fsp3) is 0.429. The molecule has 152 valence electrons. The van der Waals surface area contributed by atoms with E-state index in [0.717, 1.165) is 24.4 Å². The van der Waals surface area contributed by atoms with Gasteiger partial charge in [0.05, 0.1) is 17.6 Å². The summed E-state index contributed by atoms with van der Waals surface area (Å²) in [5.74, 6) is 1.06. The van der Waals surface area contributed by atoms with Gasteiger partial charge in [0.15, 0.2) is 10.8 Å². The number of rotatable bonds is 5. The van der Waals surface area contributed by atoms with E-state index < -0.39 is 0 Å². The summed E-state index contributed by atoms with van der Waals surface area (Å²) in [5, 5.41) is 5.17. The van der Waals surface area contributed by atoms with Crippen LogP contribution in [0.2, 0.25) is 0 Å². The molecule has 0 radical (unpaired) electrons. The molecule has 1 aliphatic rings. The van der Waals surface area contributed by atoms with Gasteiger partial charge in [-0.25, -0.2) is 9.67 Å². The number of para-hydroxylation sites is 1. The normalized spacial score (nSPS) is 19.4. The third-order valence-electron chi connectivity index (χ3n) is 5.68. The molecule has 3 aromatic rings. The zero-order valence-electron chi connectivity index (χ0n) is 16.7. The fourth-order valence-corrected chi connectivity index (χ4v) is 4.57. The van der Waals surface area contributed by atoms with Crippen molar-refractivity contribution in [2.24, 2.45) is 5.92 Å². The topological polar surface area (TPSA) is 83.9 Å². The Kier molecular flexibility index (Phi) is 5.71. The highest BCUT2D eigenvalue weighted by Crippen LogP contribution is 2.27. The lowest BCUT2D eigenvalue weighted by Gasteiger charge is -2.33. The van der Waals surface area contributed by atoms with Gasteiger partial charge >= 0.3 is 0 Å². The maximum atomic E-state index is 12.7. The predicted molar refractivity (Wildman–Crippen MR) is 114 cm³/mol. The van der Waals surface area contributed by atoms with E-state index in [1.807, 2.05) is 42.3 Å². The van der Waals surface area contributed by atoms with Gasteiger partial charge in [-0.1, -0.05) is 36.9 Å². The molecule has 1 fully saturated rings. The summed E-state index contributed by atoms with van der Waals surface area (Å²) in [5.41, 5.74) is 1.07. The minimum atomic E-state index is -0.248.